The Labute approximate surface area is 79.5 Å². The van der Waals surface area contributed by atoms with E-state index in [1.54, 1.807) is 6.07 Å². The molecule has 0 amide bonds. The smallest absolute Gasteiger partial charge is 0.226 e. The van der Waals surface area contributed by atoms with Gasteiger partial charge in [-0.1, -0.05) is 6.07 Å². The van der Waals surface area contributed by atoms with Crippen LogP contribution in [0.15, 0.2) is 18.2 Å². The van der Waals surface area contributed by atoms with E-state index in [1.807, 2.05) is 0 Å². The standard InChI is InChI=1S/C9H5ClFNO/c10-9(13)4-6-1-2-8(11)3-7(6)5-12/h1-3H,4H2. The average molecular weight is 198 g/mol. The summed E-state index contributed by atoms with van der Waals surface area (Å²) in [5.41, 5.74) is 0.595. The van der Waals surface area contributed by atoms with Gasteiger partial charge < -0.3 is 0 Å². The highest BCUT2D eigenvalue weighted by molar-refractivity contribution is 6.63. The van der Waals surface area contributed by atoms with E-state index in [4.69, 9.17) is 16.9 Å². The van der Waals surface area contributed by atoms with Crippen LogP contribution in [0, 0.1) is 17.1 Å². The molecule has 1 rings (SSSR count). The van der Waals surface area contributed by atoms with Crippen molar-refractivity contribution in [3.8, 4) is 6.07 Å². The number of hydrogen-bond acceptors (Lipinski definition) is 2. The van der Waals surface area contributed by atoms with E-state index in [0.29, 0.717) is 5.56 Å². The molecule has 0 saturated carbocycles. The second-order valence-corrected chi connectivity index (χ2v) is 2.87. The highest BCUT2D eigenvalue weighted by Gasteiger charge is 2.06. The van der Waals surface area contributed by atoms with E-state index in [0.717, 1.165) is 6.07 Å². The summed E-state index contributed by atoms with van der Waals surface area (Å²) < 4.78 is 12.6. The number of carbonyl (C=O) groups excluding carboxylic acids is 1. The number of halogens is 2. The first-order valence-corrected chi connectivity index (χ1v) is 3.88. The molecular weight excluding hydrogens is 193 g/mol. The molecule has 1 aromatic carbocycles. The fraction of sp³-hybridized carbons (Fsp3) is 0.111. The first kappa shape index (κ1) is 9.69. The van der Waals surface area contributed by atoms with Gasteiger partial charge in [0.1, 0.15) is 5.82 Å². The van der Waals surface area contributed by atoms with E-state index >= 15 is 0 Å². The molecule has 0 unspecified atom stereocenters. The lowest BCUT2D eigenvalue weighted by atomic mass is 10.1. The summed E-state index contributed by atoms with van der Waals surface area (Å²) in [6.07, 6.45) is -0.0509. The summed E-state index contributed by atoms with van der Waals surface area (Å²) in [5.74, 6) is -0.498. The van der Waals surface area contributed by atoms with Crippen molar-refractivity contribution in [2.45, 2.75) is 6.42 Å². The molecule has 0 aliphatic carbocycles. The normalized spacial score (nSPS) is 9.31. The predicted molar refractivity (Wildman–Crippen MR) is 45.7 cm³/mol. The molecule has 0 aromatic heterocycles. The maximum absolute atomic E-state index is 12.6. The number of rotatable bonds is 2. The van der Waals surface area contributed by atoms with Crippen LogP contribution in [-0.4, -0.2) is 5.24 Å². The number of nitriles is 1. The van der Waals surface area contributed by atoms with E-state index in [9.17, 15) is 9.18 Å². The third kappa shape index (κ3) is 2.53. The average Bonchev–Trinajstić information content (AvgIpc) is 2.07. The number of nitrogens with zero attached hydrogens (tertiary/aromatic N) is 1. The molecule has 13 heavy (non-hydrogen) atoms. The van der Waals surface area contributed by atoms with Crippen molar-refractivity contribution < 1.29 is 9.18 Å². The minimum atomic E-state index is -0.567. The van der Waals surface area contributed by atoms with Crippen molar-refractivity contribution in [1.29, 1.82) is 5.26 Å². The molecule has 0 spiro atoms. The van der Waals surface area contributed by atoms with E-state index in [2.05, 4.69) is 0 Å². The Kier molecular flexibility index (Phi) is 2.99. The molecule has 0 aliphatic heterocycles. The fourth-order valence-electron chi connectivity index (χ4n) is 0.957. The molecule has 0 fully saturated rings. The minimum absolute atomic E-state index is 0.0509. The monoisotopic (exact) mass is 197 g/mol. The number of carbonyl (C=O) groups is 1. The fourth-order valence-corrected chi connectivity index (χ4v) is 1.10. The zero-order valence-corrected chi connectivity index (χ0v) is 7.31. The summed E-state index contributed by atoms with van der Waals surface area (Å²) in [6, 6.07) is 5.44. The maximum atomic E-state index is 12.6. The van der Waals surface area contributed by atoms with Crippen LogP contribution in [-0.2, 0) is 11.2 Å². The lowest BCUT2D eigenvalue weighted by Crippen LogP contribution is -1.97. The molecule has 0 N–H and O–H groups in total. The molecule has 0 heterocycles. The molecule has 0 atom stereocenters. The van der Waals surface area contributed by atoms with Gasteiger partial charge in [0.25, 0.3) is 0 Å². The molecule has 2 nitrogen and oxygen atoms in total. The summed E-state index contributed by atoms with van der Waals surface area (Å²) in [4.78, 5) is 10.5. The lowest BCUT2D eigenvalue weighted by Gasteiger charge is -1.99. The topological polar surface area (TPSA) is 40.9 Å². The van der Waals surface area contributed by atoms with Crippen LogP contribution < -0.4 is 0 Å². The first-order valence-electron chi connectivity index (χ1n) is 3.50. The Morgan fingerprint density at radius 3 is 2.85 bits per heavy atom. The van der Waals surface area contributed by atoms with Crippen LogP contribution in [0.4, 0.5) is 4.39 Å². The molecule has 4 heteroatoms. The van der Waals surface area contributed by atoms with Crippen LogP contribution in [0.3, 0.4) is 0 Å². The molecule has 0 saturated heterocycles. The Morgan fingerprint density at radius 1 is 1.62 bits per heavy atom. The maximum Gasteiger partial charge on any atom is 0.226 e. The quantitative estimate of drug-likeness (QED) is 0.681. The van der Waals surface area contributed by atoms with Gasteiger partial charge in [-0.2, -0.15) is 5.26 Å². The van der Waals surface area contributed by atoms with Crippen LogP contribution in [0.25, 0.3) is 0 Å². The van der Waals surface area contributed by atoms with E-state index in [-0.39, 0.29) is 12.0 Å². The Hall–Kier alpha value is -1.40. The third-order valence-corrected chi connectivity index (χ3v) is 1.66. The summed E-state index contributed by atoms with van der Waals surface area (Å²) >= 11 is 5.14. The van der Waals surface area contributed by atoms with Crippen LogP contribution in [0.2, 0.25) is 0 Å². The SMILES string of the molecule is N#Cc1cc(F)ccc1CC(=O)Cl. The number of benzene rings is 1. The lowest BCUT2D eigenvalue weighted by molar-refractivity contribution is -0.111. The van der Waals surface area contributed by atoms with Gasteiger partial charge in [0.05, 0.1) is 11.6 Å². The first-order chi connectivity index (χ1) is 6.13. The van der Waals surface area contributed by atoms with Crippen molar-refractivity contribution in [3.63, 3.8) is 0 Å². The van der Waals surface area contributed by atoms with E-state index in [1.165, 1.54) is 12.1 Å². The van der Waals surface area contributed by atoms with Gasteiger partial charge in [-0.05, 0) is 29.3 Å². The molecule has 1 aromatic rings. The highest BCUT2D eigenvalue weighted by Crippen LogP contribution is 2.11. The number of hydrogen-bond donors (Lipinski definition) is 0. The van der Waals surface area contributed by atoms with Gasteiger partial charge in [-0.25, -0.2) is 4.39 Å². The third-order valence-electron chi connectivity index (χ3n) is 1.52. The Bertz CT molecular complexity index is 384. The van der Waals surface area contributed by atoms with Crippen molar-refractivity contribution in [3.05, 3.63) is 35.1 Å². The van der Waals surface area contributed by atoms with Crippen LogP contribution in [0.1, 0.15) is 11.1 Å². The summed E-state index contributed by atoms with van der Waals surface area (Å²) in [6.45, 7) is 0. The van der Waals surface area contributed by atoms with Crippen molar-refractivity contribution in [1.82, 2.24) is 0 Å². The Balaban J connectivity index is 3.08. The Morgan fingerprint density at radius 2 is 2.31 bits per heavy atom. The van der Waals surface area contributed by atoms with E-state index < -0.39 is 11.1 Å². The summed E-state index contributed by atoms with van der Waals surface area (Å²) in [7, 11) is 0. The van der Waals surface area contributed by atoms with Gasteiger partial charge in [-0.3, -0.25) is 4.79 Å². The zero-order valence-electron chi connectivity index (χ0n) is 6.55. The van der Waals surface area contributed by atoms with Gasteiger partial charge in [-0.15, -0.1) is 0 Å². The molecule has 0 aliphatic rings. The molecule has 0 bridgehead atoms. The second-order valence-electron chi connectivity index (χ2n) is 2.45. The molecular formula is C9H5ClFNO. The van der Waals surface area contributed by atoms with Crippen molar-refractivity contribution in [2.24, 2.45) is 0 Å². The minimum Gasteiger partial charge on any atom is -0.281 e. The van der Waals surface area contributed by atoms with Crippen molar-refractivity contribution in [2.75, 3.05) is 0 Å². The van der Waals surface area contributed by atoms with Crippen LogP contribution >= 0.6 is 11.6 Å². The highest BCUT2D eigenvalue weighted by atomic mass is 35.5. The van der Waals surface area contributed by atoms with Gasteiger partial charge in [0.2, 0.25) is 5.24 Å². The largest absolute Gasteiger partial charge is 0.281 e. The van der Waals surface area contributed by atoms with Crippen LogP contribution in [0.5, 0.6) is 0 Å². The van der Waals surface area contributed by atoms with Gasteiger partial charge in [0, 0.05) is 6.42 Å². The van der Waals surface area contributed by atoms with Gasteiger partial charge >= 0.3 is 0 Å². The van der Waals surface area contributed by atoms with Crippen molar-refractivity contribution >= 4 is 16.8 Å². The molecule has 66 valence electrons. The second kappa shape index (κ2) is 4.01. The zero-order chi connectivity index (χ0) is 9.84. The predicted octanol–water partition coefficient (Wildman–Crippen LogP) is 2.01. The van der Waals surface area contributed by atoms with Gasteiger partial charge in [0.15, 0.2) is 0 Å². The summed E-state index contributed by atoms with van der Waals surface area (Å²) in [5, 5.41) is 8.02. The molecule has 0 radical (unpaired) electrons.